The van der Waals surface area contributed by atoms with Crippen LogP contribution in [0.1, 0.15) is 24.8 Å². The molecule has 0 radical (unpaired) electrons. The Balaban J connectivity index is 1.73. The lowest BCUT2D eigenvalue weighted by molar-refractivity contribution is -0.0628. The van der Waals surface area contributed by atoms with E-state index in [1.54, 1.807) is 12.1 Å². The maximum Gasteiger partial charge on any atom is 0.0992 e. The van der Waals surface area contributed by atoms with Crippen LogP contribution in [-0.2, 0) is 4.74 Å². The molecular formula is C15H17ClN2OS. The normalized spacial score (nSPS) is 29.3. The minimum Gasteiger partial charge on any atom is -0.381 e. The van der Waals surface area contributed by atoms with E-state index in [2.05, 4.69) is 11.4 Å². The molecule has 3 nitrogen and oxygen atoms in total. The van der Waals surface area contributed by atoms with Crippen LogP contribution in [0.3, 0.4) is 0 Å². The van der Waals surface area contributed by atoms with Gasteiger partial charge >= 0.3 is 0 Å². The van der Waals surface area contributed by atoms with E-state index in [4.69, 9.17) is 21.6 Å². The monoisotopic (exact) mass is 308 g/mol. The van der Waals surface area contributed by atoms with Crippen LogP contribution in [-0.4, -0.2) is 29.8 Å². The minimum absolute atomic E-state index is 0.0555. The molecule has 106 valence electrons. The molecule has 0 saturated carbocycles. The first-order chi connectivity index (χ1) is 9.71. The van der Waals surface area contributed by atoms with E-state index in [0.29, 0.717) is 16.6 Å². The maximum atomic E-state index is 8.98. The number of benzene rings is 1. The number of halogens is 1. The molecule has 1 aromatic carbocycles. The van der Waals surface area contributed by atoms with Gasteiger partial charge in [-0.05, 0) is 43.2 Å². The van der Waals surface area contributed by atoms with Crippen molar-refractivity contribution in [3.63, 3.8) is 0 Å². The Morgan fingerprint density at radius 3 is 3.15 bits per heavy atom. The van der Waals surface area contributed by atoms with Gasteiger partial charge in [0, 0.05) is 18.4 Å². The molecule has 1 N–H and O–H groups in total. The zero-order valence-corrected chi connectivity index (χ0v) is 12.8. The molecule has 2 saturated heterocycles. The molecule has 2 unspecified atom stereocenters. The number of hydrogen-bond acceptors (Lipinski definition) is 4. The molecule has 2 aliphatic heterocycles. The lowest BCUT2D eigenvalue weighted by Crippen LogP contribution is -2.44. The highest BCUT2D eigenvalue weighted by molar-refractivity contribution is 7.99. The van der Waals surface area contributed by atoms with Crippen molar-refractivity contribution in [1.82, 2.24) is 0 Å². The summed E-state index contributed by atoms with van der Waals surface area (Å²) in [6, 6.07) is 7.87. The molecule has 2 atom stereocenters. The molecule has 3 rings (SSSR count). The van der Waals surface area contributed by atoms with E-state index in [9.17, 15) is 0 Å². The van der Waals surface area contributed by atoms with E-state index in [1.807, 2.05) is 17.8 Å². The summed E-state index contributed by atoms with van der Waals surface area (Å²) in [6.45, 7) is 0.799. The van der Waals surface area contributed by atoms with Gasteiger partial charge in [0.05, 0.1) is 27.9 Å². The van der Waals surface area contributed by atoms with Crippen LogP contribution in [0.25, 0.3) is 0 Å². The molecule has 0 aliphatic carbocycles. The van der Waals surface area contributed by atoms with Crippen molar-refractivity contribution < 1.29 is 4.74 Å². The fraction of sp³-hybridized carbons (Fsp3) is 0.533. The zero-order chi connectivity index (χ0) is 14.0. The lowest BCUT2D eigenvalue weighted by atomic mass is 9.89. The first-order valence-corrected chi connectivity index (χ1v) is 8.42. The predicted octanol–water partition coefficient (Wildman–Crippen LogP) is 3.68. The molecule has 0 bridgehead atoms. The van der Waals surface area contributed by atoms with Crippen LogP contribution in [0.5, 0.6) is 0 Å². The van der Waals surface area contributed by atoms with Gasteiger partial charge in [0.15, 0.2) is 0 Å². The molecule has 1 aromatic rings. The smallest absolute Gasteiger partial charge is 0.0992 e. The number of thioether (sulfide) groups is 1. The van der Waals surface area contributed by atoms with Crippen molar-refractivity contribution in [1.29, 1.82) is 5.26 Å². The van der Waals surface area contributed by atoms with Crippen LogP contribution < -0.4 is 5.32 Å². The van der Waals surface area contributed by atoms with Crippen molar-refractivity contribution in [3.8, 4) is 6.07 Å². The Morgan fingerprint density at radius 1 is 1.50 bits per heavy atom. The van der Waals surface area contributed by atoms with Crippen molar-refractivity contribution in [3.05, 3.63) is 28.8 Å². The zero-order valence-electron chi connectivity index (χ0n) is 11.2. The molecule has 0 aromatic heterocycles. The molecule has 1 spiro atoms. The average Bonchev–Trinajstić information content (AvgIpc) is 2.89. The number of nitrogens with one attached hydrogen (secondary N) is 1. The molecule has 5 heteroatoms. The van der Waals surface area contributed by atoms with Crippen molar-refractivity contribution in [2.24, 2.45) is 0 Å². The molecule has 2 heterocycles. The van der Waals surface area contributed by atoms with Gasteiger partial charge in [0.1, 0.15) is 0 Å². The summed E-state index contributed by atoms with van der Waals surface area (Å²) in [5, 5.41) is 13.2. The lowest BCUT2D eigenvalue weighted by Gasteiger charge is -2.38. The summed E-state index contributed by atoms with van der Waals surface area (Å²) < 4.78 is 6.02. The van der Waals surface area contributed by atoms with Gasteiger partial charge in [-0.15, -0.1) is 0 Å². The van der Waals surface area contributed by atoms with Gasteiger partial charge < -0.3 is 10.1 Å². The molecule has 2 fully saturated rings. The molecule has 20 heavy (non-hydrogen) atoms. The summed E-state index contributed by atoms with van der Waals surface area (Å²) in [5.74, 6) is 2.29. The largest absolute Gasteiger partial charge is 0.381 e. The van der Waals surface area contributed by atoms with Crippen LogP contribution in [0, 0.1) is 11.3 Å². The Kier molecular flexibility index (Phi) is 4.11. The molecular weight excluding hydrogens is 292 g/mol. The third-order valence-electron chi connectivity index (χ3n) is 4.02. The Hall–Kier alpha value is -0.890. The first kappa shape index (κ1) is 14.1. The van der Waals surface area contributed by atoms with Crippen LogP contribution in [0.15, 0.2) is 18.2 Å². The summed E-state index contributed by atoms with van der Waals surface area (Å²) in [5.41, 5.74) is 1.55. The highest BCUT2D eigenvalue weighted by Crippen LogP contribution is 2.39. The van der Waals surface area contributed by atoms with E-state index in [-0.39, 0.29) is 5.60 Å². The highest BCUT2D eigenvalue weighted by Gasteiger charge is 2.40. The number of ether oxygens (including phenoxy) is 1. The van der Waals surface area contributed by atoms with Gasteiger partial charge in [-0.25, -0.2) is 0 Å². The standard InChI is InChI=1S/C15H17ClN2OS/c16-13-2-1-11(9-17)7-14(13)18-12-3-5-19-15(8-12)4-6-20-10-15/h1-2,7,12,18H,3-6,8,10H2. The maximum absolute atomic E-state index is 8.98. The predicted molar refractivity (Wildman–Crippen MR) is 83.4 cm³/mol. The van der Waals surface area contributed by atoms with E-state index in [1.165, 1.54) is 5.75 Å². The summed E-state index contributed by atoms with van der Waals surface area (Å²) in [7, 11) is 0. The average molecular weight is 309 g/mol. The molecule has 0 amide bonds. The number of rotatable bonds is 2. The third kappa shape index (κ3) is 2.90. The summed E-state index contributed by atoms with van der Waals surface area (Å²) >= 11 is 8.19. The number of hydrogen-bond donors (Lipinski definition) is 1. The van der Waals surface area contributed by atoms with E-state index < -0.39 is 0 Å². The summed E-state index contributed by atoms with van der Waals surface area (Å²) in [4.78, 5) is 0. The summed E-state index contributed by atoms with van der Waals surface area (Å²) in [6.07, 6.45) is 3.15. The van der Waals surface area contributed by atoms with Gasteiger partial charge in [0.25, 0.3) is 0 Å². The second-order valence-electron chi connectivity index (χ2n) is 5.47. The second-order valence-corrected chi connectivity index (χ2v) is 6.99. The van der Waals surface area contributed by atoms with Crippen LogP contribution in [0.4, 0.5) is 5.69 Å². The van der Waals surface area contributed by atoms with Gasteiger partial charge in [0.2, 0.25) is 0 Å². The van der Waals surface area contributed by atoms with Crippen molar-refractivity contribution >= 4 is 29.1 Å². The Labute approximate surface area is 128 Å². The first-order valence-electron chi connectivity index (χ1n) is 6.89. The van der Waals surface area contributed by atoms with E-state index >= 15 is 0 Å². The number of nitrogens with zero attached hydrogens (tertiary/aromatic N) is 1. The second kappa shape index (κ2) is 5.85. The van der Waals surface area contributed by atoms with Crippen molar-refractivity contribution in [2.75, 3.05) is 23.4 Å². The van der Waals surface area contributed by atoms with E-state index in [0.717, 1.165) is 37.3 Å². The SMILES string of the molecule is N#Cc1ccc(Cl)c(NC2CCOC3(CCSC3)C2)c1. The Bertz CT molecular complexity index is 537. The van der Waals surface area contributed by atoms with Crippen LogP contribution in [0.2, 0.25) is 5.02 Å². The fourth-order valence-corrected chi connectivity index (χ4v) is 4.49. The topological polar surface area (TPSA) is 45.0 Å². The third-order valence-corrected chi connectivity index (χ3v) is 5.57. The highest BCUT2D eigenvalue weighted by atomic mass is 35.5. The van der Waals surface area contributed by atoms with Gasteiger partial charge in [-0.3, -0.25) is 0 Å². The van der Waals surface area contributed by atoms with Crippen molar-refractivity contribution in [2.45, 2.75) is 30.9 Å². The molecule has 2 aliphatic rings. The van der Waals surface area contributed by atoms with Crippen LogP contribution >= 0.6 is 23.4 Å². The minimum atomic E-state index is 0.0555. The van der Waals surface area contributed by atoms with Gasteiger partial charge in [-0.1, -0.05) is 11.6 Å². The Morgan fingerprint density at radius 2 is 2.40 bits per heavy atom. The quantitative estimate of drug-likeness (QED) is 0.905. The number of anilines is 1. The fourth-order valence-electron chi connectivity index (χ4n) is 2.94. The van der Waals surface area contributed by atoms with Gasteiger partial charge in [-0.2, -0.15) is 17.0 Å². The number of nitriles is 1.